The third-order valence-electron chi connectivity index (χ3n) is 2.48. The number of halogens is 1. The third kappa shape index (κ3) is 2.75. The fourth-order valence-electron chi connectivity index (χ4n) is 1.69. The quantitative estimate of drug-likeness (QED) is 0.490. The van der Waals surface area contributed by atoms with Crippen LogP contribution in [0.2, 0.25) is 5.02 Å². The Balaban J connectivity index is 2.38. The molecule has 1 aromatic rings. The Morgan fingerprint density at radius 1 is 1.33 bits per heavy atom. The highest BCUT2D eigenvalue weighted by Crippen LogP contribution is 2.21. The van der Waals surface area contributed by atoms with Crippen LogP contribution in [-0.2, 0) is 0 Å². The Bertz CT molecular complexity index is 543. The molecule has 0 aromatic heterocycles. The van der Waals surface area contributed by atoms with Crippen LogP contribution in [0.15, 0.2) is 33.2 Å². The molecule has 0 radical (unpaired) electrons. The van der Waals surface area contributed by atoms with E-state index in [1.54, 1.807) is 6.07 Å². The van der Waals surface area contributed by atoms with E-state index in [-0.39, 0.29) is 5.84 Å². The van der Waals surface area contributed by atoms with E-state index in [9.17, 15) is 0 Å². The third-order valence-corrected chi connectivity index (χ3v) is 2.70. The minimum atomic E-state index is 0.274. The molecule has 94 valence electrons. The number of nitrogens with zero attached hydrogens (tertiary/aromatic N) is 3. The minimum absolute atomic E-state index is 0.274. The first-order valence-electron chi connectivity index (χ1n) is 5.42. The van der Waals surface area contributed by atoms with Crippen LogP contribution < -0.4 is 5.48 Å². The summed E-state index contributed by atoms with van der Waals surface area (Å²) >= 11 is 5.96. The number of hydrogen-bond donors (Lipinski definition) is 2. The van der Waals surface area contributed by atoms with Crippen molar-refractivity contribution in [2.45, 2.75) is 13.8 Å². The molecule has 1 aliphatic rings. The van der Waals surface area contributed by atoms with Gasteiger partial charge in [-0.3, -0.25) is 20.7 Å². The maximum Gasteiger partial charge on any atom is 0.177 e. The number of aliphatic imine (C=N–C) groups is 3. The zero-order valence-corrected chi connectivity index (χ0v) is 10.9. The van der Waals surface area contributed by atoms with Crippen LogP contribution in [0, 0.1) is 6.92 Å². The lowest BCUT2D eigenvalue weighted by Gasteiger charge is -2.05. The summed E-state index contributed by atoms with van der Waals surface area (Å²) in [5, 5.41) is 9.76. The number of rotatable bonds is 2. The average Bonchev–Trinajstić information content (AvgIpc) is 2.71. The fourth-order valence-corrected chi connectivity index (χ4v) is 1.97. The van der Waals surface area contributed by atoms with Gasteiger partial charge in [0.1, 0.15) is 12.4 Å². The van der Waals surface area contributed by atoms with Gasteiger partial charge in [0.25, 0.3) is 0 Å². The standard InChI is InChI=1S/C12H13ClN4O/c1-7-3-9(13)5-10(4-7)16-12(17-18)11-8(2)14-6-15-11/h3-5,18H,6H2,1-2H3,(H,16,17). The molecule has 0 spiro atoms. The molecule has 1 heterocycles. The molecule has 0 saturated carbocycles. The molecule has 5 nitrogen and oxygen atoms in total. The van der Waals surface area contributed by atoms with E-state index in [0.29, 0.717) is 23.1 Å². The molecule has 2 rings (SSSR count). The highest BCUT2D eigenvalue weighted by atomic mass is 35.5. The van der Waals surface area contributed by atoms with Crippen LogP contribution in [0.3, 0.4) is 0 Å². The van der Waals surface area contributed by atoms with Gasteiger partial charge in [-0.1, -0.05) is 11.6 Å². The molecule has 0 unspecified atom stereocenters. The maximum atomic E-state index is 9.15. The monoisotopic (exact) mass is 264 g/mol. The summed E-state index contributed by atoms with van der Waals surface area (Å²) < 4.78 is 0. The number of hydroxylamine groups is 1. The summed E-state index contributed by atoms with van der Waals surface area (Å²) in [6.07, 6.45) is 0. The zero-order valence-electron chi connectivity index (χ0n) is 10.1. The van der Waals surface area contributed by atoms with Gasteiger partial charge < -0.3 is 0 Å². The van der Waals surface area contributed by atoms with Crippen molar-refractivity contribution in [2.75, 3.05) is 6.67 Å². The Kier molecular flexibility index (Phi) is 3.74. The molecule has 0 amide bonds. The molecular formula is C12H13ClN4O. The molecule has 2 N–H and O–H groups in total. The van der Waals surface area contributed by atoms with Gasteiger partial charge in [-0.25, -0.2) is 4.99 Å². The van der Waals surface area contributed by atoms with Crippen molar-refractivity contribution in [3.05, 3.63) is 28.8 Å². The molecule has 6 heteroatoms. The second kappa shape index (κ2) is 5.29. The first kappa shape index (κ1) is 12.7. The first-order chi connectivity index (χ1) is 8.60. The number of nitrogens with one attached hydrogen (secondary N) is 1. The number of aryl methyl sites for hydroxylation is 1. The normalized spacial score (nSPS) is 15.4. The predicted octanol–water partition coefficient (Wildman–Crippen LogP) is 2.53. The van der Waals surface area contributed by atoms with Crippen molar-refractivity contribution in [1.29, 1.82) is 0 Å². The molecule has 0 fully saturated rings. The fraction of sp³-hybridized carbons (Fsp3) is 0.250. The van der Waals surface area contributed by atoms with Crippen LogP contribution in [0.4, 0.5) is 5.69 Å². The van der Waals surface area contributed by atoms with Crippen molar-refractivity contribution in [2.24, 2.45) is 15.0 Å². The van der Waals surface area contributed by atoms with E-state index in [0.717, 1.165) is 11.3 Å². The van der Waals surface area contributed by atoms with E-state index in [1.807, 2.05) is 26.0 Å². The number of amidine groups is 1. The first-order valence-corrected chi connectivity index (χ1v) is 5.80. The summed E-state index contributed by atoms with van der Waals surface area (Å²) in [6.45, 7) is 4.12. The van der Waals surface area contributed by atoms with Gasteiger partial charge >= 0.3 is 0 Å². The molecular weight excluding hydrogens is 252 g/mol. The lowest BCUT2D eigenvalue weighted by atomic mass is 10.2. The van der Waals surface area contributed by atoms with Gasteiger partial charge in [0.2, 0.25) is 0 Å². The van der Waals surface area contributed by atoms with Gasteiger partial charge in [0.05, 0.1) is 11.4 Å². The Morgan fingerprint density at radius 3 is 2.67 bits per heavy atom. The second-order valence-electron chi connectivity index (χ2n) is 3.95. The van der Waals surface area contributed by atoms with Crippen LogP contribution in [0.1, 0.15) is 12.5 Å². The van der Waals surface area contributed by atoms with Crippen LogP contribution in [0.25, 0.3) is 0 Å². The molecule has 0 aliphatic carbocycles. The van der Waals surface area contributed by atoms with Crippen LogP contribution in [0.5, 0.6) is 0 Å². The van der Waals surface area contributed by atoms with Crippen molar-refractivity contribution in [3.8, 4) is 0 Å². The van der Waals surface area contributed by atoms with E-state index in [2.05, 4.69) is 20.5 Å². The summed E-state index contributed by atoms with van der Waals surface area (Å²) in [6, 6.07) is 5.42. The minimum Gasteiger partial charge on any atom is -0.290 e. The number of benzene rings is 1. The van der Waals surface area contributed by atoms with Crippen molar-refractivity contribution in [3.63, 3.8) is 0 Å². The average molecular weight is 265 g/mol. The molecule has 1 aliphatic heterocycles. The van der Waals surface area contributed by atoms with E-state index < -0.39 is 0 Å². The molecule has 0 bridgehead atoms. The van der Waals surface area contributed by atoms with Crippen molar-refractivity contribution >= 4 is 34.5 Å². The predicted molar refractivity (Wildman–Crippen MR) is 73.6 cm³/mol. The summed E-state index contributed by atoms with van der Waals surface area (Å²) in [5.41, 5.74) is 5.02. The van der Waals surface area contributed by atoms with Gasteiger partial charge in [-0.05, 0) is 37.6 Å². The van der Waals surface area contributed by atoms with Crippen LogP contribution >= 0.6 is 11.6 Å². The summed E-state index contributed by atoms with van der Waals surface area (Å²) in [7, 11) is 0. The van der Waals surface area contributed by atoms with E-state index in [4.69, 9.17) is 16.8 Å². The zero-order chi connectivity index (χ0) is 13.1. The van der Waals surface area contributed by atoms with E-state index >= 15 is 0 Å². The molecule has 0 atom stereocenters. The molecule has 0 saturated heterocycles. The van der Waals surface area contributed by atoms with Crippen molar-refractivity contribution in [1.82, 2.24) is 5.48 Å². The summed E-state index contributed by atoms with van der Waals surface area (Å²) in [4.78, 5) is 12.6. The van der Waals surface area contributed by atoms with Gasteiger partial charge in [0, 0.05) is 5.02 Å². The lowest BCUT2D eigenvalue weighted by molar-refractivity contribution is 0.237. The Morgan fingerprint density at radius 2 is 2.11 bits per heavy atom. The van der Waals surface area contributed by atoms with Crippen LogP contribution in [-0.4, -0.2) is 29.1 Å². The Hall–Kier alpha value is -1.72. The summed E-state index contributed by atoms with van der Waals surface area (Å²) in [5.74, 6) is 0.274. The van der Waals surface area contributed by atoms with Gasteiger partial charge in [0.15, 0.2) is 5.84 Å². The number of hydrogen-bond acceptors (Lipinski definition) is 4. The van der Waals surface area contributed by atoms with Gasteiger partial charge in [-0.2, -0.15) is 0 Å². The van der Waals surface area contributed by atoms with Crippen molar-refractivity contribution < 1.29 is 5.21 Å². The maximum absolute atomic E-state index is 9.15. The van der Waals surface area contributed by atoms with E-state index in [1.165, 1.54) is 0 Å². The highest BCUT2D eigenvalue weighted by Gasteiger charge is 2.15. The highest BCUT2D eigenvalue weighted by molar-refractivity contribution is 6.68. The SMILES string of the molecule is CC1=NCN=C1C(=Nc1cc(C)cc(Cl)c1)NO. The topological polar surface area (TPSA) is 69.3 Å². The second-order valence-corrected chi connectivity index (χ2v) is 4.39. The smallest absolute Gasteiger partial charge is 0.177 e. The van der Waals surface area contributed by atoms with Gasteiger partial charge in [-0.15, -0.1) is 0 Å². The molecule has 18 heavy (non-hydrogen) atoms. The lowest BCUT2D eigenvalue weighted by Crippen LogP contribution is -2.31. The Labute approximate surface area is 110 Å². The molecule has 1 aromatic carbocycles. The largest absolute Gasteiger partial charge is 0.290 e.